The van der Waals surface area contributed by atoms with Gasteiger partial charge >= 0.3 is 0 Å². The van der Waals surface area contributed by atoms with Crippen LogP contribution in [0.1, 0.15) is 15.9 Å². The number of carbonyl (C=O) groups excluding carboxylic acids is 1. The van der Waals surface area contributed by atoms with Gasteiger partial charge in [0, 0.05) is 37.4 Å². The monoisotopic (exact) mass is 506 g/mol. The summed E-state index contributed by atoms with van der Waals surface area (Å²) in [6.07, 6.45) is 1.72. The molecule has 0 radical (unpaired) electrons. The van der Waals surface area contributed by atoms with Crippen molar-refractivity contribution in [1.82, 2.24) is 20.3 Å². The standard InChI is InChI=1S/C26H34N8O3/c1-2-12-29-24-32-25(30-19-20-7-4-3-5-8-20)34-26(33-24)31-22-10-6-9-21(18-22)23(35)28-13-15-37-17-16-36-14-11-27/h2-10,18H,1,11-17,19,27H2,(H,28,35)(H3,29,30,31,32,33,34). The molecule has 3 rings (SSSR count). The van der Waals surface area contributed by atoms with Crippen molar-refractivity contribution in [3.05, 3.63) is 78.4 Å². The maximum atomic E-state index is 12.6. The minimum absolute atomic E-state index is 0.208. The maximum Gasteiger partial charge on any atom is 0.251 e. The number of hydrogen-bond acceptors (Lipinski definition) is 10. The molecule has 0 aliphatic rings. The van der Waals surface area contributed by atoms with Crippen molar-refractivity contribution in [2.75, 3.05) is 62.0 Å². The lowest BCUT2D eigenvalue weighted by molar-refractivity contribution is 0.0511. The second-order valence-electron chi connectivity index (χ2n) is 7.79. The van der Waals surface area contributed by atoms with Crippen LogP contribution in [0.5, 0.6) is 0 Å². The summed E-state index contributed by atoms with van der Waals surface area (Å²) in [6, 6.07) is 17.0. The molecule has 6 N–H and O–H groups in total. The third-order valence-electron chi connectivity index (χ3n) is 4.88. The van der Waals surface area contributed by atoms with E-state index in [0.717, 1.165) is 5.56 Å². The predicted molar refractivity (Wildman–Crippen MR) is 145 cm³/mol. The Morgan fingerprint density at radius 1 is 0.892 bits per heavy atom. The van der Waals surface area contributed by atoms with E-state index in [2.05, 4.69) is 42.8 Å². The number of amides is 1. The number of carbonyl (C=O) groups is 1. The number of nitrogens with two attached hydrogens (primary N) is 1. The summed E-state index contributed by atoms with van der Waals surface area (Å²) in [7, 11) is 0. The van der Waals surface area contributed by atoms with Crippen LogP contribution in [-0.2, 0) is 16.0 Å². The zero-order chi connectivity index (χ0) is 26.1. The molecule has 0 spiro atoms. The van der Waals surface area contributed by atoms with Crippen LogP contribution >= 0.6 is 0 Å². The van der Waals surface area contributed by atoms with E-state index in [1.54, 1.807) is 24.3 Å². The Kier molecular flexibility index (Phi) is 11.8. The van der Waals surface area contributed by atoms with Gasteiger partial charge in [-0.15, -0.1) is 6.58 Å². The maximum absolute atomic E-state index is 12.6. The van der Waals surface area contributed by atoms with Gasteiger partial charge in [-0.05, 0) is 23.8 Å². The number of benzene rings is 2. The molecule has 2 aromatic carbocycles. The van der Waals surface area contributed by atoms with Gasteiger partial charge in [-0.3, -0.25) is 4.79 Å². The van der Waals surface area contributed by atoms with E-state index in [9.17, 15) is 4.79 Å². The third-order valence-corrected chi connectivity index (χ3v) is 4.88. The van der Waals surface area contributed by atoms with Gasteiger partial charge in [0.25, 0.3) is 5.91 Å². The third kappa shape index (κ3) is 10.2. The number of anilines is 4. The molecule has 37 heavy (non-hydrogen) atoms. The average molecular weight is 507 g/mol. The van der Waals surface area contributed by atoms with E-state index >= 15 is 0 Å². The Labute approximate surface area is 216 Å². The Morgan fingerprint density at radius 3 is 2.38 bits per heavy atom. The molecule has 3 aromatic rings. The van der Waals surface area contributed by atoms with Gasteiger partial charge in [-0.2, -0.15) is 15.0 Å². The Morgan fingerprint density at radius 2 is 1.62 bits per heavy atom. The quantitative estimate of drug-likeness (QED) is 0.137. The molecule has 11 heteroatoms. The molecule has 0 saturated carbocycles. The fourth-order valence-corrected chi connectivity index (χ4v) is 3.14. The SMILES string of the molecule is C=CCNc1nc(NCc2ccccc2)nc(Nc2cccc(C(=O)NCCOCCOCCN)c2)n1. The zero-order valence-corrected chi connectivity index (χ0v) is 20.8. The zero-order valence-electron chi connectivity index (χ0n) is 20.8. The molecule has 196 valence electrons. The van der Waals surface area contributed by atoms with Crippen LogP contribution in [0, 0.1) is 0 Å². The van der Waals surface area contributed by atoms with Gasteiger partial charge in [0.05, 0.1) is 26.4 Å². The van der Waals surface area contributed by atoms with Crippen LogP contribution in [-0.4, -0.2) is 66.9 Å². The molecule has 0 aliphatic carbocycles. The van der Waals surface area contributed by atoms with Gasteiger partial charge in [-0.25, -0.2) is 0 Å². The molecular formula is C26H34N8O3. The summed E-state index contributed by atoms with van der Waals surface area (Å²) in [6.45, 7) is 7.47. The van der Waals surface area contributed by atoms with E-state index in [4.69, 9.17) is 15.2 Å². The summed E-state index contributed by atoms with van der Waals surface area (Å²) in [5, 5.41) is 12.3. The summed E-state index contributed by atoms with van der Waals surface area (Å²) >= 11 is 0. The molecule has 0 fully saturated rings. The van der Waals surface area contributed by atoms with Crippen molar-refractivity contribution < 1.29 is 14.3 Å². The molecule has 0 aliphatic heterocycles. The van der Waals surface area contributed by atoms with Gasteiger partial charge in [0.15, 0.2) is 0 Å². The first-order valence-electron chi connectivity index (χ1n) is 12.1. The van der Waals surface area contributed by atoms with E-state index in [-0.39, 0.29) is 5.91 Å². The van der Waals surface area contributed by atoms with Gasteiger partial charge in [0.2, 0.25) is 17.8 Å². The van der Waals surface area contributed by atoms with Gasteiger partial charge in [0.1, 0.15) is 0 Å². The van der Waals surface area contributed by atoms with Crippen molar-refractivity contribution in [2.45, 2.75) is 6.54 Å². The molecule has 0 saturated heterocycles. The second-order valence-corrected chi connectivity index (χ2v) is 7.79. The van der Waals surface area contributed by atoms with E-state index in [0.29, 0.717) is 81.7 Å². The molecule has 0 unspecified atom stereocenters. The second kappa shape index (κ2) is 15.8. The normalized spacial score (nSPS) is 10.5. The van der Waals surface area contributed by atoms with Gasteiger partial charge in [-0.1, -0.05) is 42.5 Å². The molecular weight excluding hydrogens is 472 g/mol. The van der Waals surface area contributed by atoms with Crippen molar-refractivity contribution in [2.24, 2.45) is 5.73 Å². The van der Waals surface area contributed by atoms with Crippen LogP contribution in [0.3, 0.4) is 0 Å². The van der Waals surface area contributed by atoms with Crippen molar-refractivity contribution >= 4 is 29.4 Å². The summed E-state index contributed by atoms with van der Waals surface area (Å²) in [5.41, 5.74) is 7.62. The first-order valence-corrected chi connectivity index (χ1v) is 12.1. The van der Waals surface area contributed by atoms with Gasteiger partial charge < -0.3 is 36.5 Å². The minimum atomic E-state index is -0.208. The summed E-state index contributed by atoms with van der Waals surface area (Å²) < 4.78 is 10.7. The summed E-state index contributed by atoms with van der Waals surface area (Å²) in [4.78, 5) is 25.9. The Balaban J connectivity index is 1.58. The fourth-order valence-electron chi connectivity index (χ4n) is 3.14. The van der Waals surface area contributed by atoms with Crippen LogP contribution < -0.4 is 27.0 Å². The minimum Gasteiger partial charge on any atom is -0.378 e. The lowest BCUT2D eigenvalue weighted by Crippen LogP contribution is -2.27. The average Bonchev–Trinajstić information content (AvgIpc) is 2.93. The fraction of sp³-hybridized carbons (Fsp3) is 0.308. The van der Waals surface area contributed by atoms with Crippen LogP contribution in [0.15, 0.2) is 67.3 Å². The largest absolute Gasteiger partial charge is 0.378 e. The molecule has 1 aromatic heterocycles. The number of hydrogen-bond donors (Lipinski definition) is 5. The van der Waals surface area contributed by atoms with Crippen LogP contribution in [0.4, 0.5) is 23.5 Å². The highest BCUT2D eigenvalue weighted by Gasteiger charge is 2.10. The van der Waals surface area contributed by atoms with E-state index < -0.39 is 0 Å². The van der Waals surface area contributed by atoms with Crippen LogP contribution in [0.25, 0.3) is 0 Å². The highest BCUT2D eigenvalue weighted by molar-refractivity contribution is 5.95. The number of nitrogens with one attached hydrogen (secondary N) is 4. The van der Waals surface area contributed by atoms with Crippen molar-refractivity contribution in [1.29, 1.82) is 0 Å². The molecule has 11 nitrogen and oxygen atoms in total. The predicted octanol–water partition coefficient (Wildman–Crippen LogP) is 2.55. The number of rotatable bonds is 17. The molecule has 0 atom stereocenters. The molecule has 1 heterocycles. The van der Waals surface area contributed by atoms with E-state index in [1.165, 1.54) is 0 Å². The lowest BCUT2D eigenvalue weighted by Gasteiger charge is -2.12. The van der Waals surface area contributed by atoms with Crippen molar-refractivity contribution in [3.8, 4) is 0 Å². The number of aromatic nitrogens is 3. The number of ether oxygens (including phenoxy) is 2. The first-order chi connectivity index (χ1) is 18.2. The summed E-state index contributed by atoms with van der Waals surface area (Å²) in [5.74, 6) is 0.936. The number of nitrogens with zero attached hydrogens (tertiary/aromatic N) is 3. The Bertz CT molecular complexity index is 1110. The lowest BCUT2D eigenvalue weighted by atomic mass is 10.2. The topological polar surface area (TPSA) is 148 Å². The van der Waals surface area contributed by atoms with Crippen LogP contribution in [0.2, 0.25) is 0 Å². The van der Waals surface area contributed by atoms with E-state index in [1.807, 2.05) is 36.4 Å². The highest BCUT2D eigenvalue weighted by atomic mass is 16.5. The van der Waals surface area contributed by atoms with Crippen molar-refractivity contribution in [3.63, 3.8) is 0 Å². The Hall–Kier alpha value is -4.06. The molecule has 1 amide bonds. The molecule has 0 bridgehead atoms. The highest BCUT2D eigenvalue weighted by Crippen LogP contribution is 2.18. The first kappa shape index (κ1) is 27.5. The smallest absolute Gasteiger partial charge is 0.251 e.